The van der Waals surface area contributed by atoms with Gasteiger partial charge < -0.3 is 30.3 Å². The van der Waals surface area contributed by atoms with Gasteiger partial charge in [0.05, 0.1) is 5.41 Å². The van der Waals surface area contributed by atoms with E-state index in [1.807, 2.05) is 27.7 Å². The maximum atomic E-state index is 14.3. The van der Waals surface area contributed by atoms with Crippen LogP contribution < -0.4 is 16.0 Å². The fraction of sp³-hybridized carbons (Fsp3) is 0.857. The molecule has 6 aliphatic rings. The minimum atomic E-state index is -1.19. The second kappa shape index (κ2) is 17.7. The van der Waals surface area contributed by atoms with E-state index >= 15 is 0 Å². The summed E-state index contributed by atoms with van der Waals surface area (Å²) in [6.07, 6.45) is 12.2. The van der Waals surface area contributed by atoms with E-state index in [4.69, 9.17) is 9.47 Å². The molecule has 12 heteroatoms. The Morgan fingerprint density at radius 3 is 1.91 bits per heavy atom. The predicted octanol–water partition coefficient (Wildman–Crippen LogP) is 5.35. The van der Waals surface area contributed by atoms with Gasteiger partial charge in [-0.3, -0.25) is 24.0 Å². The van der Waals surface area contributed by atoms with Crippen LogP contribution in [0.25, 0.3) is 0 Å². The van der Waals surface area contributed by atoms with Crippen LogP contribution in [0.2, 0.25) is 0 Å². The van der Waals surface area contributed by atoms with Crippen LogP contribution in [0.15, 0.2) is 0 Å². The summed E-state index contributed by atoms with van der Waals surface area (Å²) in [4.78, 5) is 84.2. The lowest BCUT2D eigenvalue weighted by Crippen LogP contribution is -2.60. The molecule has 54 heavy (non-hydrogen) atoms. The Bertz CT molecular complexity index is 1350. The van der Waals surface area contributed by atoms with Crippen molar-refractivity contribution in [2.24, 2.45) is 35.0 Å². The lowest BCUT2D eigenvalue weighted by atomic mass is 9.49. The third kappa shape index (κ3) is 10.8. The zero-order chi connectivity index (χ0) is 39.4. The summed E-state index contributed by atoms with van der Waals surface area (Å²) in [5.74, 6) is -0.933. The first-order valence-corrected chi connectivity index (χ1v) is 21.1. The molecule has 1 aliphatic heterocycles. The molecule has 0 aromatic carbocycles. The van der Waals surface area contributed by atoms with Gasteiger partial charge in [0.15, 0.2) is 0 Å². The first-order valence-electron chi connectivity index (χ1n) is 21.1. The topological polar surface area (TPSA) is 160 Å². The van der Waals surface area contributed by atoms with E-state index in [2.05, 4.69) is 16.0 Å². The van der Waals surface area contributed by atoms with Crippen LogP contribution >= 0.6 is 0 Å². The van der Waals surface area contributed by atoms with Crippen molar-refractivity contribution in [1.82, 2.24) is 20.9 Å². The summed E-state index contributed by atoms with van der Waals surface area (Å²) in [7, 11) is 0. The van der Waals surface area contributed by atoms with E-state index < -0.39 is 53.5 Å². The van der Waals surface area contributed by atoms with Gasteiger partial charge in [-0.2, -0.15) is 0 Å². The summed E-state index contributed by atoms with van der Waals surface area (Å²) in [6.45, 7) is 13.3. The number of hydrogen-bond donors (Lipinski definition) is 3. The average Bonchev–Trinajstić information content (AvgIpc) is 3.57. The Kier molecular flexibility index (Phi) is 13.8. The zero-order valence-electron chi connectivity index (χ0n) is 34.0. The smallest absolute Gasteiger partial charge is 0.329 e. The van der Waals surface area contributed by atoms with Gasteiger partial charge in [-0.05, 0) is 140 Å². The Labute approximate surface area is 322 Å². The molecule has 0 aromatic rings. The summed E-state index contributed by atoms with van der Waals surface area (Å²) >= 11 is 0. The van der Waals surface area contributed by atoms with Crippen molar-refractivity contribution in [3.63, 3.8) is 0 Å². The van der Waals surface area contributed by atoms with Crippen LogP contribution in [-0.4, -0.2) is 82.9 Å². The summed E-state index contributed by atoms with van der Waals surface area (Å²) in [5, 5.41) is 8.60. The van der Waals surface area contributed by atoms with Gasteiger partial charge in [0.2, 0.25) is 23.6 Å². The highest BCUT2D eigenvalue weighted by atomic mass is 16.6. The van der Waals surface area contributed by atoms with E-state index in [1.54, 1.807) is 25.7 Å². The molecule has 12 nitrogen and oxygen atoms in total. The monoisotopic (exact) mass is 757 g/mol. The number of nitrogens with one attached hydrogen (secondary N) is 3. The van der Waals surface area contributed by atoms with Crippen LogP contribution in [0.4, 0.5) is 0 Å². The first kappa shape index (κ1) is 42.0. The van der Waals surface area contributed by atoms with Crippen molar-refractivity contribution in [1.29, 1.82) is 0 Å². The average molecular weight is 757 g/mol. The SMILES string of the molecule is CC(C)C[C@H](NC(=O)[C@@H]1CCCN1C(=O)C12CC3CC(CC(C3)C1)C2)C(=O)N[C@@H](CCC(=O)OC(C)(C)C)C(=O)N[C@H](C(=O)OC1CCCCC1)C(C)C. The standard InChI is InChI=1S/C42H68N4O8/c1-25(2)18-32(44-38(50)33-14-11-17-46(33)40(52)42-22-27-19-28(23-42)21-29(20-27)24-42)37(49)43-31(15-16-34(47)54-41(5,6)7)36(48)45-35(26(3)4)39(51)53-30-12-9-8-10-13-30/h25-33,35H,8-24H2,1-7H3,(H,43,49)(H,44,50)(H,45,48)/t27?,28?,29?,31-,32-,33-,35-,42?/m0/s1. The second-order valence-electron chi connectivity index (χ2n) is 19.2. The number of esters is 2. The van der Waals surface area contributed by atoms with Crippen molar-refractivity contribution in [2.45, 2.75) is 187 Å². The number of hydrogen-bond acceptors (Lipinski definition) is 8. The quantitative estimate of drug-likeness (QED) is 0.189. The maximum absolute atomic E-state index is 14.3. The van der Waals surface area contributed by atoms with Gasteiger partial charge >= 0.3 is 11.9 Å². The van der Waals surface area contributed by atoms with E-state index in [0.717, 1.165) is 57.8 Å². The highest BCUT2D eigenvalue weighted by Crippen LogP contribution is 2.60. The van der Waals surface area contributed by atoms with Gasteiger partial charge in [0.1, 0.15) is 35.9 Å². The summed E-state index contributed by atoms with van der Waals surface area (Å²) in [6, 6.07) is -3.78. The van der Waals surface area contributed by atoms with E-state index in [0.29, 0.717) is 37.1 Å². The lowest BCUT2D eigenvalue weighted by Gasteiger charge is -2.56. The molecule has 4 amide bonds. The predicted molar refractivity (Wildman–Crippen MR) is 203 cm³/mol. The Morgan fingerprint density at radius 1 is 0.759 bits per heavy atom. The fourth-order valence-electron chi connectivity index (χ4n) is 10.3. The lowest BCUT2D eigenvalue weighted by molar-refractivity contribution is -0.160. The highest BCUT2D eigenvalue weighted by Gasteiger charge is 2.57. The molecule has 1 saturated heterocycles. The molecular formula is C42H68N4O8. The molecule has 304 valence electrons. The van der Waals surface area contributed by atoms with Crippen LogP contribution in [-0.2, 0) is 38.2 Å². The Hall–Kier alpha value is -3.18. The largest absolute Gasteiger partial charge is 0.461 e. The van der Waals surface area contributed by atoms with Gasteiger partial charge in [0, 0.05) is 13.0 Å². The molecule has 4 atom stereocenters. The van der Waals surface area contributed by atoms with E-state index in [9.17, 15) is 28.8 Å². The number of ether oxygens (including phenoxy) is 2. The fourth-order valence-corrected chi connectivity index (χ4v) is 10.3. The number of carbonyl (C=O) groups excluding carboxylic acids is 6. The maximum Gasteiger partial charge on any atom is 0.329 e. The van der Waals surface area contributed by atoms with Crippen molar-refractivity contribution >= 4 is 35.6 Å². The van der Waals surface area contributed by atoms with Gasteiger partial charge in [-0.1, -0.05) is 34.1 Å². The van der Waals surface area contributed by atoms with Gasteiger partial charge in [-0.25, -0.2) is 4.79 Å². The number of nitrogens with zero attached hydrogens (tertiary/aromatic N) is 1. The molecule has 0 aromatic heterocycles. The normalized spacial score (nSPS) is 28.4. The number of rotatable bonds is 15. The second-order valence-corrected chi connectivity index (χ2v) is 19.2. The first-order chi connectivity index (χ1) is 25.4. The number of carbonyl (C=O) groups is 6. The summed E-state index contributed by atoms with van der Waals surface area (Å²) < 4.78 is 11.3. The van der Waals surface area contributed by atoms with Crippen LogP contribution in [0.1, 0.15) is 151 Å². The van der Waals surface area contributed by atoms with Crippen LogP contribution in [0.5, 0.6) is 0 Å². The van der Waals surface area contributed by atoms with Crippen LogP contribution in [0.3, 0.4) is 0 Å². The molecule has 1 heterocycles. The molecule has 0 spiro atoms. The number of amides is 4. The third-order valence-electron chi connectivity index (χ3n) is 12.4. The van der Waals surface area contributed by atoms with Crippen molar-refractivity contribution in [3.8, 4) is 0 Å². The molecule has 6 fully saturated rings. The van der Waals surface area contributed by atoms with Gasteiger partial charge in [0.25, 0.3) is 0 Å². The molecule has 3 N–H and O–H groups in total. The zero-order valence-corrected chi connectivity index (χ0v) is 34.0. The van der Waals surface area contributed by atoms with Crippen molar-refractivity contribution in [2.75, 3.05) is 6.54 Å². The third-order valence-corrected chi connectivity index (χ3v) is 12.4. The molecule has 5 saturated carbocycles. The molecule has 0 unspecified atom stereocenters. The Morgan fingerprint density at radius 2 is 1.35 bits per heavy atom. The minimum Gasteiger partial charge on any atom is -0.461 e. The van der Waals surface area contributed by atoms with E-state index in [-0.39, 0.29) is 48.0 Å². The summed E-state index contributed by atoms with van der Waals surface area (Å²) in [5.41, 5.74) is -1.10. The van der Waals surface area contributed by atoms with E-state index in [1.165, 1.54) is 19.3 Å². The number of likely N-dealkylation sites (tertiary alicyclic amines) is 1. The minimum absolute atomic E-state index is 0.0170. The van der Waals surface area contributed by atoms with Crippen LogP contribution in [0, 0.1) is 35.0 Å². The molecule has 6 rings (SSSR count). The molecule has 5 aliphatic carbocycles. The molecular weight excluding hydrogens is 688 g/mol. The molecule has 0 radical (unpaired) electrons. The molecule has 4 bridgehead atoms. The highest BCUT2D eigenvalue weighted by molar-refractivity contribution is 5.96. The van der Waals surface area contributed by atoms with Crippen molar-refractivity contribution in [3.05, 3.63) is 0 Å². The van der Waals surface area contributed by atoms with Gasteiger partial charge in [-0.15, -0.1) is 0 Å². The Balaban J connectivity index is 1.28. The van der Waals surface area contributed by atoms with Crippen molar-refractivity contribution < 1.29 is 38.2 Å².